The quantitative estimate of drug-likeness (QED) is 0.420. The molecule has 0 amide bonds. The summed E-state index contributed by atoms with van der Waals surface area (Å²) < 4.78 is 19.2. The molecule has 1 aromatic heterocycles. The summed E-state index contributed by atoms with van der Waals surface area (Å²) in [5.74, 6) is 0.751. The van der Waals surface area contributed by atoms with E-state index in [0.717, 1.165) is 34.0 Å². The molecule has 0 aliphatic carbocycles. The number of Topliss-reactive ketones (excluding diaryl/α,β-unsaturated/α-hetero) is 1. The number of para-hydroxylation sites is 2. The van der Waals surface area contributed by atoms with E-state index in [9.17, 15) is 9.59 Å². The Morgan fingerprint density at radius 1 is 1.00 bits per heavy atom. The van der Waals surface area contributed by atoms with E-state index in [0.29, 0.717) is 24.3 Å². The minimum Gasteiger partial charge on any atom is -0.486 e. The molecule has 1 aliphatic heterocycles. The zero-order valence-electron chi connectivity index (χ0n) is 18.8. The summed E-state index contributed by atoms with van der Waals surface area (Å²) in [6.45, 7) is 8.34. The van der Waals surface area contributed by atoms with Crippen LogP contribution >= 0.6 is 0 Å². The maximum atomic E-state index is 12.8. The molecule has 3 aromatic rings. The van der Waals surface area contributed by atoms with Gasteiger partial charge in [0.25, 0.3) is 0 Å². The standard InChI is InChI=1S/C26H27NO5/c1-16-8-7-9-21(18(16)3)26(29)31-15-23(28)22-12-17(2)27(19(22)4)13-20-14-30-24-10-5-6-11-25(24)32-20/h5-12,20H,13-15H2,1-4H3/t20-/m0/s1. The predicted molar refractivity (Wildman–Crippen MR) is 121 cm³/mol. The fraction of sp³-hybridized carbons (Fsp3) is 0.308. The van der Waals surface area contributed by atoms with E-state index in [1.807, 2.05) is 74.7 Å². The largest absolute Gasteiger partial charge is 0.486 e. The Kier molecular flexibility index (Phi) is 6.04. The lowest BCUT2D eigenvalue weighted by Gasteiger charge is -2.27. The molecule has 6 nitrogen and oxygen atoms in total. The first-order valence-corrected chi connectivity index (χ1v) is 10.7. The summed E-state index contributed by atoms with van der Waals surface area (Å²) in [6.07, 6.45) is -0.167. The van der Waals surface area contributed by atoms with Gasteiger partial charge in [0.2, 0.25) is 5.78 Å². The van der Waals surface area contributed by atoms with Crippen LogP contribution in [-0.2, 0) is 11.3 Å². The molecule has 0 radical (unpaired) electrons. The molecule has 2 heterocycles. The first kappa shape index (κ1) is 21.7. The van der Waals surface area contributed by atoms with Crippen molar-refractivity contribution in [2.24, 2.45) is 0 Å². The van der Waals surface area contributed by atoms with Crippen LogP contribution in [0.3, 0.4) is 0 Å². The number of aryl methyl sites for hydroxylation is 2. The van der Waals surface area contributed by atoms with Gasteiger partial charge in [-0.05, 0) is 63.1 Å². The van der Waals surface area contributed by atoms with Crippen LogP contribution in [-0.4, -0.2) is 35.6 Å². The molecule has 0 unspecified atom stereocenters. The van der Waals surface area contributed by atoms with Crippen LogP contribution in [0.5, 0.6) is 11.5 Å². The summed E-state index contributed by atoms with van der Waals surface area (Å²) in [4.78, 5) is 25.3. The van der Waals surface area contributed by atoms with Gasteiger partial charge in [-0.3, -0.25) is 4.79 Å². The molecular formula is C26H27NO5. The van der Waals surface area contributed by atoms with Crippen LogP contribution in [0.15, 0.2) is 48.5 Å². The maximum Gasteiger partial charge on any atom is 0.338 e. The highest BCUT2D eigenvalue weighted by Crippen LogP contribution is 2.31. The third kappa shape index (κ3) is 4.26. The Balaban J connectivity index is 1.43. The molecular weight excluding hydrogens is 406 g/mol. The predicted octanol–water partition coefficient (Wildman–Crippen LogP) is 4.60. The topological polar surface area (TPSA) is 66.8 Å². The number of fused-ring (bicyclic) bond motifs is 1. The number of carbonyl (C=O) groups excluding carboxylic acids is 2. The van der Waals surface area contributed by atoms with Crippen molar-refractivity contribution < 1.29 is 23.8 Å². The highest BCUT2D eigenvalue weighted by molar-refractivity contribution is 6.00. The van der Waals surface area contributed by atoms with Gasteiger partial charge in [-0.2, -0.15) is 0 Å². The third-order valence-electron chi connectivity index (χ3n) is 5.99. The second kappa shape index (κ2) is 8.91. The molecule has 0 bridgehead atoms. The SMILES string of the molecule is Cc1cccc(C(=O)OCC(=O)c2cc(C)n(C[C@H]3COc4ccccc4O3)c2C)c1C. The average molecular weight is 434 g/mol. The lowest BCUT2D eigenvalue weighted by molar-refractivity contribution is 0.0473. The number of rotatable bonds is 6. The number of esters is 1. The Hall–Kier alpha value is -3.54. The van der Waals surface area contributed by atoms with Crippen LogP contribution < -0.4 is 9.47 Å². The maximum absolute atomic E-state index is 12.8. The van der Waals surface area contributed by atoms with Gasteiger partial charge in [-0.1, -0.05) is 24.3 Å². The molecule has 1 atom stereocenters. The third-order valence-corrected chi connectivity index (χ3v) is 5.99. The van der Waals surface area contributed by atoms with Crippen molar-refractivity contribution in [2.75, 3.05) is 13.2 Å². The van der Waals surface area contributed by atoms with E-state index in [1.54, 1.807) is 6.07 Å². The van der Waals surface area contributed by atoms with Crippen LogP contribution in [0.4, 0.5) is 0 Å². The van der Waals surface area contributed by atoms with Crippen molar-refractivity contribution in [3.05, 3.63) is 82.2 Å². The Morgan fingerprint density at radius 3 is 2.53 bits per heavy atom. The lowest BCUT2D eigenvalue weighted by Crippen LogP contribution is -2.33. The Morgan fingerprint density at radius 2 is 1.75 bits per heavy atom. The molecule has 4 rings (SSSR count). The fourth-order valence-corrected chi connectivity index (χ4v) is 3.98. The van der Waals surface area contributed by atoms with Gasteiger partial charge >= 0.3 is 5.97 Å². The van der Waals surface area contributed by atoms with Gasteiger partial charge in [0.05, 0.1) is 12.1 Å². The number of aromatic nitrogens is 1. The normalized spacial score (nSPS) is 14.8. The summed E-state index contributed by atoms with van der Waals surface area (Å²) in [6, 6.07) is 14.9. The molecule has 2 aromatic carbocycles. The fourth-order valence-electron chi connectivity index (χ4n) is 3.98. The molecule has 1 aliphatic rings. The number of hydrogen-bond acceptors (Lipinski definition) is 5. The first-order valence-electron chi connectivity index (χ1n) is 10.7. The number of ketones is 1. The Labute approximate surface area is 187 Å². The molecule has 32 heavy (non-hydrogen) atoms. The van der Waals surface area contributed by atoms with Gasteiger partial charge in [0.15, 0.2) is 24.2 Å². The van der Waals surface area contributed by atoms with Crippen molar-refractivity contribution in [3.8, 4) is 11.5 Å². The first-order chi connectivity index (χ1) is 15.3. The van der Waals surface area contributed by atoms with Gasteiger partial charge < -0.3 is 18.8 Å². The van der Waals surface area contributed by atoms with E-state index in [1.165, 1.54) is 0 Å². The minimum absolute atomic E-state index is 0.167. The van der Waals surface area contributed by atoms with Gasteiger partial charge in [0.1, 0.15) is 6.61 Å². The van der Waals surface area contributed by atoms with Crippen LogP contribution in [0.2, 0.25) is 0 Å². The molecule has 0 fully saturated rings. The highest BCUT2D eigenvalue weighted by atomic mass is 16.6. The van der Waals surface area contributed by atoms with E-state index >= 15 is 0 Å². The van der Waals surface area contributed by atoms with Gasteiger partial charge in [-0.15, -0.1) is 0 Å². The summed E-state index contributed by atoms with van der Waals surface area (Å²) in [5, 5.41) is 0. The number of benzene rings is 2. The van der Waals surface area contributed by atoms with Gasteiger partial charge in [0, 0.05) is 17.0 Å². The zero-order chi connectivity index (χ0) is 22.8. The van der Waals surface area contributed by atoms with Crippen LogP contribution in [0.25, 0.3) is 0 Å². The molecule has 166 valence electrons. The van der Waals surface area contributed by atoms with Crippen LogP contribution in [0.1, 0.15) is 43.2 Å². The monoisotopic (exact) mass is 433 g/mol. The van der Waals surface area contributed by atoms with Crippen LogP contribution in [0, 0.1) is 27.7 Å². The average Bonchev–Trinajstić information content (AvgIpc) is 3.07. The van der Waals surface area contributed by atoms with Crippen molar-refractivity contribution in [1.82, 2.24) is 4.57 Å². The van der Waals surface area contributed by atoms with Crippen molar-refractivity contribution in [1.29, 1.82) is 0 Å². The summed E-state index contributed by atoms with van der Waals surface area (Å²) in [7, 11) is 0. The number of nitrogens with zero attached hydrogens (tertiary/aromatic N) is 1. The van der Waals surface area contributed by atoms with E-state index < -0.39 is 5.97 Å². The number of hydrogen-bond donors (Lipinski definition) is 0. The zero-order valence-corrected chi connectivity index (χ0v) is 18.8. The van der Waals surface area contributed by atoms with E-state index in [4.69, 9.17) is 14.2 Å². The lowest BCUT2D eigenvalue weighted by atomic mass is 10.0. The van der Waals surface area contributed by atoms with Gasteiger partial charge in [-0.25, -0.2) is 4.79 Å². The molecule has 0 saturated carbocycles. The van der Waals surface area contributed by atoms with E-state index in [2.05, 4.69) is 0 Å². The molecule has 0 spiro atoms. The van der Waals surface area contributed by atoms with E-state index in [-0.39, 0.29) is 18.5 Å². The summed E-state index contributed by atoms with van der Waals surface area (Å²) >= 11 is 0. The number of carbonyl (C=O) groups is 2. The van der Waals surface area contributed by atoms with Crippen molar-refractivity contribution in [3.63, 3.8) is 0 Å². The van der Waals surface area contributed by atoms with Crippen molar-refractivity contribution in [2.45, 2.75) is 40.3 Å². The summed E-state index contributed by atoms with van der Waals surface area (Å²) in [5.41, 5.74) is 4.66. The smallest absolute Gasteiger partial charge is 0.338 e. The second-order valence-corrected chi connectivity index (χ2v) is 8.14. The molecule has 0 saturated heterocycles. The number of ether oxygens (including phenoxy) is 3. The minimum atomic E-state index is -0.486. The molecule has 0 N–H and O–H groups in total. The Bertz CT molecular complexity index is 1180. The van der Waals surface area contributed by atoms with Crippen molar-refractivity contribution >= 4 is 11.8 Å². The second-order valence-electron chi connectivity index (χ2n) is 8.14. The molecule has 6 heteroatoms. The highest BCUT2D eigenvalue weighted by Gasteiger charge is 2.24.